The molecule has 1 aliphatic heterocycles. The molecule has 6 heteroatoms. The lowest BCUT2D eigenvalue weighted by Gasteiger charge is -2.28. The molecule has 0 amide bonds. The second kappa shape index (κ2) is 8.50. The van der Waals surface area contributed by atoms with Gasteiger partial charge in [0.25, 0.3) is 0 Å². The smallest absolute Gasteiger partial charge is 0.144 e. The summed E-state index contributed by atoms with van der Waals surface area (Å²) in [4.78, 5) is 10.0. The van der Waals surface area contributed by atoms with Crippen molar-refractivity contribution in [2.24, 2.45) is 5.92 Å². The number of fused-ring (bicyclic) bond motifs is 1. The number of hydrogen-bond acceptors (Lipinski definition) is 3. The number of likely N-dealkylation sites (tertiary alicyclic amines) is 1. The number of hydrogen-bond donors (Lipinski definition) is 1. The first-order chi connectivity index (χ1) is 13.6. The van der Waals surface area contributed by atoms with Crippen LogP contribution in [0.25, 0.3) is 22.4 Å². The summed E-state index contributed by atoms with van der Waals surface area (Å²) in [5.41, 5.74) is 2.20. The Morgan fingerprint density at radius 2 is 1.96 bits per heavy atom. The van der Waals surface area contributed by atoms with E-state index in [0.29, 0.717) is 16.9 Å². The summed E-state index contributed by atoms with van der Waals surface area (Å²) in [7, 11) is 2.20. The quantitative estimate of drug-likeness (QED) is 0.552. The van der Waals surface area contributed by atoms with E-state index in [0.717, 1.165) is 30.3 Å². The number of aromatic nitrogens is 2. The minimum Gasteiger partial charge on any atom is -0.494 e. The second-order valence-corrected chi connectivity index (χ2v) is 8.04. The molecule has 1 saturated heterocycles. The number of imidazole rings is 1. The zero-order chi connectivity index (χ0) is 19.5. The number of benzene rings is 2. The van der Waals surface area contributed by atoms with E-state index in [4.69, 9.17) is 16.3 Å². The fourth-order valence-electron chi connectivity index (χ4n) is 3.76. The molecule has 28 heavy (non-hydrogen) atoms. The maximum atomic E-state index is 13.6. The topological polar surface area (TPSA) is 41.1 Å². The minimum atomic E-state index is -0.451. The zero-order valence-electron chi connectivity index (χ0n) is 16.0. The third-order valence-electron chi connectivity index (χ3n) is 5.52. The predicted molar refractivity (Wildman–Crippen MR) is 111 cm³/mol. The molecule has 1 N–H and O–H groups in total. The van der Waals surface area contributed by atoms with E-state index in [1.807, 2.05) is 24.3 Å². The summed E-state index contributed by atoms with van der Waals surface area (Å²) in [6.07, 6.45) is 4.94. The van der Waals surface area contributed by atoms with Crippen LogP contribution in [-0.4, -0.2) is 41.6 Å². The van der Waals surface area contributed by atoms with Crippen LogP contribution in [0.1, 0.15) is 25.7 Å². The van der Waals surface area contributed by atoms with E-state index in [1.165, 1.54) is 44.5 Å². The Bertz CT molecular complexity index is 894. The van der Waals surface area contributed by atoms with Crippen molar-refractivity contribution < 1.29 is 9.13 Å². The normalized spacial score (nSPS) is 16.0. The van der Waals surface area contributed by atoms with Gasteiger partial charge in [0.1, 0.15) is 17.4 Å². The Labute approximate surface area is 169 Å². The largest absolute Gasteiger partial charge is 0.494 e. The van der Waals surface area contributed by atoms with Crippen LogP contribution in [0.15, 0.2) is 36.4 Å². The Balaban J connectivity index is 1.31. The van der Waals surface area contributed by atoms with Gasteiger partial charge in [-0.3, -0.25) is 0 Å². The van der Waals surface area contributed by atoms with Crippen molar-refractivity contribution in [3.8, 4) is 17.1 Å². The molecular formula is C22H25ClFN3O. The Morgan fingerprint density at radius 1 is 1.21 bits per heavy atom. The molecule has 2 heterocycles. The highest BCUT2D eigenvalue weighted by atomic mass is 35.5. The van der Waals surface area contributed by atoms with Gasteiger partial charge in [-0.25, -0.2) is 9.37 Å². The van der Waals surface area contributed by atoms with Gasteiger partial charge in [0.15, 0.2) is 0 Å². The third kappa shape index (κ3) is 4.47. The lowest BCUT2D eigenvalue weighted by atomic mass is 9.93. The number of nitrogens with zero attached hydrogens (tertiary/aromatic N) is 2. The molecule has 0 aliphatic carbocycles. The van der Waals surface area contributed by atoms with Crippen molar-refractivity contribution in [3.05, 3.63) is 47.2 Å². The monoisotopic (exact) mass is 401 g/mol. The van der Waals surface area contributed by atoms with Gasteiger partial charge in [0, 0.05) is 11.6 Å². The van der Waals surface area contributed by atoms with E-state index in [9.17, 15) is 4.39 Å². The molecule has 2 aromatic carbocycles. The fraction of sp³-hybridized carbons (Fsp3) is 0.409. The molecule has 3 aromatic rings. The third-order valence-corrected chi connectivity index (χ3v) is 5.80. The number of H-pyrrole nitrogens is 1. The van der Waals surface area contributed by atoms with Gasteiger partial charge in [-0.1, -0.05) is 11.6 Å². The van der Waals surface area contributed by atoms with Crippen molar-refractivity contribution >= 4 is 22.6 Å². The van der Waals surface area contributed by atoms with E-state index in [1.54, 1.807) is 0 Å². The molecule has 4 nitrogen and oxygen atoms in total. The summed E-state index contributed by atoms with van der Waals surface area (Å²) in [6.45, 7) is 3.18. The van der Waals surface area contributed by atoms with E-state index in [-0.39, 0.29) is 5.02 Å². The van der Waals surface area contributed by atoms with Gasteiger partial charge in [0.05, 0.1) is 22.7 Å². The first-order valence-electron chi connectivity index (χ1n) is 9.85. The Morgan fingerprint density at radius 3 is 2.71 bits per heavy atom. The van der Waals surface area contributed by atoms with Crippen LogP contribution in [0.2, 0.25) is 5.02 Å². The molecule has 0 bridgehead atoms. The molecule has 1 aromatic heterocycles. The van der Waals surface area contributed by atoms with Crippen LogP contribution in [0.3, 0.4) is 0 Å². The predicted octanol–water partition coefficient (Wildman–Crippen LogP) is 5.52. The molecule has 0 spiro atoms. The van der Waals surface area contributed by atoms with Crippen molar-refractivity contribution in [2.75, 3.05) is 26.7 Å². The number of ether oxygens (including phenoxy) is 1. The molecule has 148 valence electrons. The zero-order valence-corrected chi connectivity index (χ0v) is 16.8. The first-order valence-corrected chi connectivity index (χ1v) is 10.2. The summed E-state index contributed by atoms with van der Waals surface area (Å²) in [5.74, 6) is 1.93. The van der Waals surface area contributed by atoms with Crippen LogP contribution in [0.5, 0.6) is 5.75 Å². The maximum Gasteiger partial charge on any atom is 0.144 e. The van der Waals surface area contributed by atoms with Crippen molar-refractivity contribution in [1.82, 2.24) is 14.9 Å². The van der Waals surface area contributed by atoms with Crippen LogP contribution in [0, 0.1) is 11.7 Å². The van der Waals surface area contributed by atoms with E-state index >= 15 is 0 Å². The van der Waals surface area contributed by atoms with Crippen molar-refractivity contribution in [2.45, 2.75) is 25.7 Å². The SMILES string of the molecule is CN1CCC(CCCOc2ccc(-c3nc4cc(Cl)c(F)cc4[nH]3)cc2)CC1. The molecule has 1 fully saturated rings. The number of rotatable bonds is 6. The number of halogens is 2. The summed E-state index contributed by atoms with van der Waals surface area (Å²) >= 11 is 5.83. The second-order valence-electron chi connectivity index (χ2n) is 7.63. The maximum absolute atomic E-state index is 13.6. The molecule has 4 rings (SSSR count). The van der Waals surface area contributed by atoms with Gasteiger partial charge in [-0.15, -0.1) is 0 Å². The standard InChI is InChI=1S/C22H25ClFN3O/c1-27-10-8-15(9-11-27)3-2-12-28-17-6-4-16(5-7-17)22-25-20-13-18(23)19(24)14-21(20)26-22/h4-7,13-15H,2-3,8-12H2,1H3,(H,25,26). The highest BCUT2D eigenvalue weighted by molar-refractivity contribution is 6.31. The first kappa shape index (κ1) is 19.2. The lowest BCUT2D eigenvalue weighted by Crippen LogP contribution is -2.30. The lowest BCUT2D eigenvalue weighted by molar-refractivity contribution is 0.200. The Kier molecular flexibility index (Phi) is 5.83. The van der Waals surface area contributed by atoms with Crippen LogP contribution in [0.4, 0.5) is 4.39 Å². The van der Waals surface area contributed by atoms with Crippen molar-refractivity contribution in [1.29, 1.82) is 0 Å². The van der Waals surface area contributed by atoms with E-state index in [2.05, 4.69) is 21.9 Å². The molecule has 1 aliphatic rings. The molecule has 0 saturated carbocycles. The van der Waals surface area contributed by atoms with Gasteiger partial charge < -0.3 is 14.6 Å². The van der Waals surface area contributed by atoms with Crippen LogP contribution in [-0.2, 0) is 0 Å². The highest BCUT2D eigenvalue weighted by Gasteiger charge is 2.16. The minimum absolute atomic E-state index is 0.0783. The number of piperidine rings is 1. The Hall–Kier alpha value is -2.11. The highest BCUT2D eigenvalue weighted by Crippen LogP contribution is 2.26. The molecular weight excluding hydrogens is 377 g/mol. The average molecular weight is 402 g/mol. The fourth-order valence-corrected chi connectivity index (χ4v) is 3.92. The van der Waals surface area contributed by atoms with Gasteiger partial charge in [0.2, 0.25) is 0 Å². The van der Waals surface area contributed by atoms with Crippen molar-refractivity contribution in [3.63, 3.8) is 0 Å². The summed E-state index contributed by atoms with van der Waals surface area (Å²) in [6, 6.07) is 10.7. The van der Waals surface area contributed by atoms with Gasteiger partial charge in [-0.2, -0.15) is 0 Å². The summed E-state index contributed by atoms with van der Waals surface area (Å²) < 4.78 is 19.5. The van der Waals surface area contributed by atoms with Crippen LogP contribution < -0.4 is 4.74 Å². The van der Waals surface area contributed by atoms with Crippen LogP contribution >= 0.6 is 11.6 Å². The average Bonchev–Trinajstić information content (AvgIpc) is 3.10. The summed E-state index contributed by atoms with van der Waals surface area (Å²) in [5, 5.41) is 0.0783. The number of aromatic amines is 1. The van der Waals surface area contributed by atoms with Gasteiger partial charge in [-0.05, 0) is 82.1 Å². The molecule has 0 radical (unpaired) electrons. The van der Waals surface area contributed by atoms with E-state index < -0.39 is 5.82 Å². The number of nitrogens with one attached hydrogen (secondary N) is 1. The molecule has 0 unspecified atom stereocenters. The molecule has 0 atom stereocenters. The van der Waals surface area contributed by atoms with Gasteiger partial charge >= 0.3 is 0 Å².